The zero-order chi connectivity index (χ0) is 17.4. The molecule has 2 aliphatic heterocycles. The zero-order valence-electron chi connectivity index (χ0n) is 14.6. The molecule has 5 nitrogen and oxygen atoms in total. The van der Waals surface area contributed by atoms with Crippen LogP contribution in [-0.2, 0) is 6.42 Å². The summed E-state index contributed by atoms with van der Waals surface area (Å²) in [4.78, 5) is 1.37. The molecular formula is C20H24NO4+. The van der Waals surface area contributed by atoms with Crippen molar-refractivity contribution in [1.82, 2.24) is 0 Å². The average Bonchev–Trinajstić information content (AvgIpc) is 3.11. The maximum atomic E-state index is 10.8. The van der Waals surface area contributed by atoms with Gasteiger partial charge < -0.3 is 24.2 Å². The SMILES string of the molecule is COc1c2c(cc3c1[C@@H](C[C@H](O)c1ccccc1)[NH+](C)CC3)OCO2. The van der Waals surface area contributed by atoms with Gasteiger partial charge in [0.25, 0.3) is 0 Å². The first-order chi connectivity index (χ1) is 12.2. The molecule has 132 valence electrons. The highest BCUT2D eigenvalue weighted by Gasteiger charge is 2.37. The lowest BCUT2D eigenvalue weighted by Gasteiger charge is -2.34. The van der Waals surface area contributed by atoms with Crippen molar-refractivity contribution >= 4 is 0 Å². The molecule has 1 unspecified atom stereocenters. The highest BCUT2D eigenvalue weighted by Crippen LogP contribution is 2.48. The van der Waals surface area contributed by atoms with Crippen molar-refractivity contribution < 1.29 is 24.2 Å². The number of methoxy groups -OCH3 is 1. The van der Waals surface area contributed by atoms with Gasteiger partial charge in [-0.1, -0.05) is 30.3 Å². The van der Waals surface area contributed by atoms with Crippen molar-refractivity contribution in [3.63, 3.8) is 0 Å². The van der Waals surface area contributed by atoms with Gasteiger partial charge in [0.1, 0.15) is 6.04 Å². The molecule has 25 heavy (non-hydrogen) atoms. The number of aliphatic hydroxyl groups excluding tert-OH is 1. The summed E-state index contributed by atoms with van der Waals surface area (Å²) in [5.41, 5.74) is 3.32. The van der Waals surface area contributed by atoms with Gasteiger partial charge in [-0.15, -0.1) is 0 Å². The van der Waals surface area contributed by atoms with Crippen molar-refractivity contribution in [2.24, 2.45) is 0 Å². The molecule has 2 aromatic carbocycles. The topological polar surface area (TPSA) is 52.4 Å². The Morgan fingerprint density at radius 1 is 1.28 bits per heavy atom. The molecule has 0 fully saturated rings. The first-order valence-corrected chi connectivity index (χ1v) is 8.73. The van der Waals surface area contributed by atoms with Crippen LogP contribution in [0.2, 0.25) is 0 Å². The van der Waals surface area contributed by atoms with E-state index in [2.05, 4.69) is 13.1 Å². The fourth-order valence-corrected chi connectivity index (χ4v) is 3.97. The minimum Gasteiger partial charge on any atom is -0.492 e. The van der Waals surface area contributed by atoms with Crippen molar-refractivity contribution in [1.29, 1.82) is 0 Å². The second kappa shape index (κ2) is 6.58. The van der Waals surface area contributed by atoms with Gasteiger partial charge in [-0.2, -0.15) is 0 Å². The largest absolute Gasteiger partial charge is 0.492 e. The van der Waals surface area contributed by atoms with E-state index in [1.165, 1.54) is 10.5 Å². The summed E-state index contributed by atoms with van der Waals surface area (Å²) in [5, 5.41) is 10.8. The third kappa shape index (κ3) is 2.83. The Kier molecular flexibility index (Phi) is 4.27. The fourth-order valence-electron chi connectivity index (χ4n) is 3.97. The number of rotatable bonds is 4. The average molecular weight is 342 g/mol. The number of fused-ring (bicyclic) bond motifs is 2. The van der Waals surface area contributed by atoms with Crippen LogP contribution in [0, 0.1) is 0 Å². The minimum atomic E-state index is -0.512. The predicted octanol–water partition coefficient (Wildman–Crippen LogP) is 1.66. The molecule has 0 radical (unpaired) electrons. The van der Waals surface area contributed by atoms with Gasteiger partial charge in [0, 0.05) is 12.8 Å². The molecule has 0 saturated heterocycles. The number of nitrogens with one attached hydrogen (secondary N) is 1. The summed E-state index contributed by atoms with van der Waals surface area (Å²) < 4.78 is 16.9. The lowest BCUT2D eigenvalue weighted by Crippen LogP contribution is -3.10. The number of hydrogen-bond donors (Lipinski definition) is 2. The molecule has 0 aliphatic carbocycles. The Morgan fingerprint density at radius 2 is 2.08 bits per heavy atom. The highest BCUT2D eigenvalue weighted by molar-refractivity contribution is 5.61. The molecule has 4 rings (SSSR count). The minimum absolute atomic E-state index is 0.142. The van der Waals surface area contributed by atoms with E-state index >= 15 is 0 Å². The van der Waals surface area contributed by atoms with Gasteiger partial charge in [0.15, 0.2) is 11.5 Å². The Hall–Kier alpha value is -2.24. The van der Waals surface area contributed by atoms with Crippen molar-refractivity contribution in [2.45, 2.75) is 25.0 Å². The van der Waals surface area contributed by atoms with Crippen LogP contribution >= 0.6 is 0 Å². The maximum absolute atomic E-state index is 10.8. The molecule has 0 amide bonds. The smallest absolute Gasteiger partial charge is 0.231 e. The lowest BCUT2D eigenvalue weighted by atomic mass is 9.87. The van der Waals surface area contributed by atoms with Crippen LogP contribution in [0.25, 0.3) is 0 Å². The number of aliphatic hydroxyl groups is 1. The van der Waals surface area contributed by atoms with Gasteiger partial charge >= 0.3 is 0 Å². The molecule has 0 bridgehead atoms. The second-order valence-electron chi connectivity index (χ2n) is 6.78. The van der Waals surface area contributed by atoms with Gasteiger partial charge in [-0.25, -0.2) is 0 Å². The fraction of sp³-hybridized carbons (Fsp3) is 0.400. The number of benzene rings is 2. The number of likely N-dealkylation sites (N-methyl/N-ethyl adjacent to an activating group) is 1. The second-order valence-corrected chi connectivity index (χ2v) is 6.78. The van der Waals surface area contributed by atoms with E-state index < -0.39 is 6.10 Å². The van der Waals surface area contributed by atoms with Crippen LogP contribution in [-0.4, -0.2) is 32.6 Å². The molecule has 0 aromatic heterocycles. The first-order valence-electron chi connectivity index (χ1n) is 8.73. The molecule has 2 aliphatic rings. The van der Waals surface area contributed by atoms with E-state index in [0.29, 0.717) is 12.2 Å². The lowest BCUT2D eigenvalue weighted by molar-refractivity contribution is -0.915. The van der Waals surface area contributed by atoms with E-state index in [1.54, 1.807) is 7.11 Å². The highest BCUT2D eigenvalue weighted by atomic mass is 16.7. The number of hydrogen-bond acceptors (Lipinski definition) is 4. The van der Waals surface area contributed by atoms with Crippen LogP contribution < -0.4 is 19.1 Å². The van der Waals surface area contributed by atoms with Crippen molar-refractivity contribution in [2.75, 3.05) is 27.5 Å². The Bertz CT molecular complexity index is 762. The Balaban J connectivity index is 1.72. The third-order valence-corrected chi connectivity index (χ3v) is 5.32. The Labute approximate surface area is 147 Å². The van der Waals surface area contributed by atoms with Crippen LogP contribution in [0.5, 0.6) is 17.2 Å². The van der Waals surface area contributed by atoms with Gasteiger partial charge in [0.2, 0.25) is 12.5 Å². The van der Waals surface area contributed by atoms with E-state index in [0.717, 1.165) is 35.6 Å². The summed E-state index contributed by atoms with van der Waals surface area (Å²) in [5.74, 6) is 2.21. The first kappa shape index (κ1) is 16.2. The molecule has 0 spiro atoms. The predicted molar refractivity (Wildman–Crippen MR) is 93.3 cm³/mol. The zero-order valence-corrected chi connectivity index (χ0v) is 14.6. The van der Waals surface area contributed by atoms with Crippen molar-refractivity contribution in [3.05, 3.63) is 53.1 Å². The maximum Gasteiger partial charge on any atom is 0.231 e. The Morgan fingerprint density at radius 3 is 2.84 bits per heavy atom. The van der Waals surface area contributed by atoms with E-state index in [9.17, 15) is 5.11 Å². The standard InChI is InChI=1S/C20H23NO4/c1-21-9-8-14-10-17-19(25-12-24-17)20(23-2)18(14)15(21)11-16(22)13-6-4-3-5-7-13/h3-7,10,15-16,22H,8-9,11-12H2,1-2H3/p+1/t15-,16+/m1/s1. The summed E-state index contributed by atoms with van der Waals surface area (Å²) in [6.45, 7) is 1.25. The molecule has 2 aromatic rings. The number of ether oxygens (including phenoxy) is 3. The van der Waals surface area contributed by atoms with Gasteiger partial charge in [-0.05, 0) is 17.2 Å². The molecule has 5 heteroatoms. The molecule has 3 atom stereocenters. The molecule has 2 N–H and O–H groups in total. The van der Waals surface area contributed by atoms with E-state index in [-0.39, 0.29) is 12.8 Å². The summed E-state index contributed by atoms with van der Waals surface area (Å²) in [6.07, 6.45) is 1.09. The van der Waals surface area contributed by atoms with E-state index in [1.807, 2.05) is 30.3 Å². The summed E-state index contributed by atoms with van der Waals surface area (Å²) in [6, 6.07) is 12.1. The van der Waals surface area contributed by atoms with Gasteiger partial charge in [0.05, 0.1) is 32.4 Å². The molecular weight excluding hydrogens is 318 g/mol. The van der Waals surface area contributed by atoms with E-state index in [4.69, 9.17) is 14.2 Å². The summed E-state index contributed by atoms with van der Waals surface area (Å²) in [7, 11) is 3.85. The van der Waals surface area contributed by atoms with Crippen LogP contribution in [0.15, 0.2) is 36.4 Å². The molecule has 0 saturated carbocycles. The monoisotopic (exact) mass is 342 g/mol. The normalized spacial score (nSPS) is 22.4. The molecule has 2 heterocycles. The number of quaternary nitrogens is 1. The quantitative estimate of drug-likeness (QED) is 0.887. The van der Waals surface area contributed by atoms with Gasteiger partial charge in [-0.3, -0.25) is 0 Å². The van der Waals surface area contributed by atoms with Crippen LogP contribution in [0.1, 0.15) is 35.3 Å². The summed E-state index contributed by atoms with van der Waals surface area (Å²) >= 11 is 0. The van der Waals surface area contributed by atoms with Crippen LogP contribution in [0.3, 0.4) is 0 Å². The van der Waals surface area contributed by atoms with Crippen LogP contribution in [0.4, 0.5) is 0 Å². The van der Waals surface area contributed by atoms with Crippen molar-refractivity contribution in [3.8, 4) is 17.2 Å². The third-order valence-electron chi connectivity index (χ3n) is 5.32.